The summed E-state index contributed by atoms with van der Waals surface area (Å²) in [5.74, 6) is 2.29. The van der Waals surface area contributed by atoms with E-state index in [2.05, 4.69) is 11.3 Å². The first-order valence-corrected chi connectivity index (χ1v) is 9.71. The highest BCUT2D eigenvalue weighted by molar-refractivity contribution is 5.50. The summed E-state index contributed by atoms with van der Waals surface area (Å²) in [5.41, 5.74) is 5.11. The number of imidazole rings is 1. The highest BCUT2D eigenvalue weighted by Crippen LogP contribution is 2.54. The van der Waals surface area contributed by atoms with Gasteiger partial charge in [-0.25, -0.2) is 9.97 Å². The minimum atomic E-state index is 0.174. The summed E-state index contributed by atoms with van der Waals surface area (Å²) in [7, 11) is 1.67. The van der Waals surface area contributed by atoms with Crippen molar-refractivity contribution in [2.24, 2.45) is 0 Å². The highest BCUT2D eigenvalue weighted by Gasteiger charge is 2.45. The van der Waals surface area contributed by atoms with Crippen LogP contribution in [0.3, 0.4) is 0 Å². The maximum atomic E-state index is 13.1. The maximum Gasteiger partial charge on any atom is 0.257 e. The molecule has 4 heterocycles. The van der Waals surface area contributed by atoms with Gasteiger partial charge in [-0.2, -0.15) is 0 Å². The van der Waals surface area contributed by atoms with Crippen molar-refractivity contribution in [3.05, 3.63) is 57.2 Å². The predicted molar refractivity (Wildman–Crippen MR) is 103 cm³/mol. The van der Waals surface area contributed by atoms with Crippen LogP contribution < -0.4 is 10.3 Å². The molecule has 0 spiro atoms. The van der Waals surface area contributed by atoms with Crippen molar-refractivity contribution in [2.75, 3.05) is 7.11 Å². The lowest BCUT2D eigenvalue weighted by molar-refractivity contribution is 0.414. The zero-order chi connectivity index (χ0) is 18.7. The number of rotatable bonds is 3. The molecule has 6 heteroatoms. The molecule has 3 aromatic rings. The summed E-state index contributed by atoms with van der Waals surface area (Å²) in [4.78, 5) is 22.7. The van der Waals surface area contributed by atoms with Gasteiger partial charge in [-0.15, -0.1) is 0 Å². The van der Waals surface area contributed by atoms with E-state index >= 15 is 0 Å². The Balaban J connectivity index is 1.54. The van der Waals surface area contributed by atoms with E-state index < -0.39 is 0 Å². The number of pyridine rings is 1. The lowest BCUT2D eigenvalue weighted by Gasteiger charge is -2.19. The van der Waals surface area contributed by atoms with Gasteiger partial charge in [-0.3, -0.25) is 9.36 Å². The molecule has 2 unspecified atom stereocenters. The second kappa shape index (κ2) is 5.94. The van der Waals surface area contributed by atoms with Crippen LogP contribution >= 0.6 is 0 Å². The van der Waals surface area contributed by atoms with Gasteiger partial charge >= 0.3 is 0 Å². The highest BCUT2D eigenvalue weighted by atomic mass is 16.5. The Morgan fingerprint density at radius 2 is 2.04 bits per heavy atom. The van der Waals surface area contributed by atoms with Gasteiger partial charge in [0.15, 0.2) is 0 Å². The van der Waals surface area contributed by atoms with Crippen LogP contribution in [0.5, 0.6) is 5.75 Å². The van der Waals surface area contributed by atoms with Gasteiger partial charge in [0.1, 0.15) is 17.2 Å². The first-order chi connectivity index (χ1) is 13.1. The van der Waals surface area contributed by atoms with Gasteiger partial charge in [0, 0.05) is 54.0 Å². The van der Waals surface area contributed by atoms with Gasteiger partial charge < -0.3 is 9.14 Å². The number of aryl methyl sites for hydroxylation is 3. The van der Waals surface area contributed by atoms with E-state index in [1.54, 1.807) is 7.11 Å². The molecule has 0 saturated heterocycles. The fraction of sp³-hybridized carbons (Fsp3) is 0.476. The van der Waals surface area contributed by atoms with Crippen LogP contribution in [0.25, 0.3) is 5.65 Å². The largest absolute Gasteiger partial charge is 0.497 e. The molecule has 140 valence electrons. The topological polar surface area (TPSA) is 61.4 Å². The Morgan fingerprint density at radius 1 is 1.19 bits per heavy atom. The fourth-order valence-electron chi connectivity index (χ4n) is 4.59. The van der Waals surface area contributed by atoms with Crippen LogP contribution in [-0.4, -0.2) is 26.0 Å². The monoisotopic (exact) mass is 364 g/mol. The molecule has 3 aromatic heterocycles. The number of aromatic nitrogens is 4. The third-order valence-corrected chi connectivity index (χ3v) is 6.13. The van der Waals surface area contributed by atoms with Crippen molar-refractivity contribution in [3.8, 4) is 5.75 Å². The van der Waals surface area contributed by atoms with E-state index in [1.165, 1.54) is 0 Å². The Bertz CT molecular complexity index is 1110. The molecule has 5 rings (SSSR count). The average molecular weight is 364 g/mol. The second-order valence-electron chi connectivity index (χ2n) is 7.77. The Morgan fingerprint density at radius 3 is 2.85 bits per heavy atom. The lowest BCUT2D eigenvalue weighted by atomic mass is 10.1. The van der Waals surface area contributed by atoms with E-state index in [9.17, 15) is 4.79 Å². The fourth-order valence-corrected chi connectivity index (χ4v) is 4.59. The molecule has 2 atom stereocenters. The molecule has 0 amide bonds. The molecule has 0 bridgehead atoms. The van der Waals surface area contributed by atoms with Gasteiger partial charge in [0.2, 0.25) is 0 Å². The Hall–Kier alpha value is -2.63. The molecule has 1 saturated carbocycles. The van der Waals surface area contributed by atoms with E-state index in [0.717, 1.165) is 72.1 Å². The summed E-state index contributed by atoms with van der Waals surface area (Å²) in [6.07, 6.45) is 6.08. The van der Waals surface area contributed by atoms with Crippen molar-refractivity contribution >= 4 is 5.65 Å². The van der Waals surface area contributed by atoms with E-state index in [-0.39, 0.29) is 11.5 Å². The van der Waals surface area contributed by atoms with Crippen molar-refractivity contribution in [3.63, 3.8) is 0 Å². The minimum absolute atomic E-state index is 0.174. The normalized spacial score (nSPS) is 21.3. The smallest absolute Gasteiger partial charge is 0.257 e. The van der Waals surface area contributed by atoms with Gasteiger partial charge in [-0.05, 0) is 39.2 Å². The lowest BCUT2D eigenvalue weighted by Crippen LogP contribution is -2.31. The molecule has 0 N–H and O–H groups in total. The third kappa shape index (κ3) is 2.50. The molecule has 6 nitrogen and oxygen atoms in total. The molecule has 0 radical (unpaired) electrons. The number of hydrogen-bond donors (Lipinski definition) is 0. The first-order valence-electron chi connectivity index (χ1n) is 9.71. The van der Waals surface area contributed by atoms with Crippen LogP contribution in [0.15, 0.2) is 23.1 Å². The molecule has 1 fully saturated rings. The molecule has 27 heavy (non-hydrogen) atoms. The zero-order valence-electron chi connectivity index (χ0n) is 16.0. The molecule has 0 aromatic carbocycles. The maximum absolute atomic E-state index is 13.1. The Labute approximate surface area is 157 Å². The van der Waals surface area contributed by atoms with Gasteiger partial charge in [0.25, 0.3) is 5.56 Å². The number of fused-ring (bicyclic) bond motifs is 2. The number of nitrogens with zero attached hydrogens (tertiary/aromatic N) is 4. The Kier molecular flexibility index (Phi) is 3.64. The van der Waals surface area contributed by atoms with E-state index in [1.807, 2.05) is 29.8 Å². The first kappa shape index (κ1) is 16.5. The van der Waals surface area contributed by atoms with Gasteiger partial charge in [0.05, 0.1) is 12.8 Å². The molecule has 1 aliphatic carbocycles. The van der Waals surface area contributed by atoms with Crippen LogP contribution in [0, 0.1) is 13.8 Å². The average Bonchev–Trinajstić information content (AvgIpc) is 3.38. The van der Waals surface area contributed by atoms with Gasteiger partial charge in [-0.1, -0.05) is 0 Å². The summed E-state index contributed by atoms with van der Waals surface area (Å²) in [6, 6.07) is 3.90. The van der Waals surface area contributed by atoms with Crippen molar-refractivity contribution in [1.82, 2.24) is 18.9 Å². The quantitative estimate of drug-likeness (QED) is 0.716. The van der Waals surface area contributed by atoms with Crippen molar-refractivity contribution in [2.45, 2.75) is 57.9 Å². The molecule has 1 aliphatic heterocycles. The number of hydrogen-bond acceptors (Lipinski definition) is 4. The summed E-state index contributed by atoms with van der Waals surface area (Å²) < 4.78 is 9.32. The molecule has 2 aliphatic rings. The van der Waals surface area contributed by atoms with Crippen LogP contribution in [0.2, 0.25) is 0 Å². The van der Waals surface area contributed by atoms with Crippen LogP contribution in [0.4, 0.5) is 0 Å². The third-order valence-electron chi connectivity index (χ3n) is 6.13. The number of methoxy groups -OCH3 is 1. The van der Waals surface area contributed by atoms with Crippen LogP contribution in [-0.2, 0) is 13.0 Å². The van der Waals surface area contributed by atoms with Crippen molar-refractivity contribution < 1.29 is 4.74 Å². The number of ether oxygens (including phenoxy) is 1. The summed E-state index contributed by atoms with van der Waals surface area (Å²) >= 11 is 0. The standard InChI is InChI=1S/C21H24N4O2/c1-12-19(21(26)25-8-5-4-6-17(25)22-12)15-11-16(15)20-13(2)24-9-7-14(27-3)10-18(24)23-20/h7,9-10,15-16H,4-6,8,11H2,1-3H3. The molecular formula is C21H24N4O2. The van der Waals surface area contributed by atoms with Crippen LogP contribution in [0.1, 0.15) is 59.6 Å². The summed E-state index contributed by atoms with van der Waals surface area (Å²) in [6.45, 7) is 4.89. The zero-order valence-corrected chi connectivity index (χ0v) is 16.0. The predicted octanol–water partition coefficient (Wildman–Crippen LogP) is 3.12. The van der Waals surface area contributed by atoms with E-state index in [4.69, 9.17) is 14.7 Å². The minimum Gasteiger partial charge on any atom is -0.497 e. The van der Waals surface area contributed by atoms with E-state index in [0.29, 0.717) is 5.92 Å². The second-order valence-corrected chi connectivity index (χ2v) is 7.77. The summed E-state index contributed by atoms with van der Waals surface area (Å²) in [5, 5.41) is 0. The SMILES string of the molecule is COc1ccn2c(C)c(C3CC3c3c(C)nc4n(c3=O)CCCC4)nc2c1. The van der Waals surface area contributed by atoms with Crippen molar-refractivity contribution in [1.29, 1.82) is 0 Å². The molecular weight excluding hydrogens is 340 g/mol.